The van der Waals surface area contributed by atoms with Crippen LogP contribution >= 0.6 is 0 Å². The van der Waals surface area contributed by atoms with Crippen molar-refractivity contribution < 1.29 is 17.6 Å². The lowest BCUT2D eigenvalue weighted by Crippen LogP contribution is -2.28. The molecule has 0 amide bonds. The average molecular weight is 250 g/mol. The van der Waals surface area contributed by atoms with Gasteiger partial charge in [-0.3, -0.25) is 0 Å². The highest BCUT2D eigenvalue weighted by Crippen LogP contribution is 2.31. The zero-order valence-corrected chi connectivity index (χ0v) is 9.31. The summed E-state index contributed by atoms with van der Waals surface area (Å²) in [4.78, 5) is 0. The van der Waals surface area contributed by atoms with Crippen LogP contribution in [-0.2, 0) is 6.18 Å². The van der Waals surface area contributed by atoms with Crippen molar-refractivity contribution in [3.05, 3.63) is 29.6 Å². The normalized spacial score (nSPS) is 13.5. The van der Waals surface area contributed by atoms with Crippen molar-refractivity contribution in [3.63, 3.8) is 0 Å². The summed E-state index contributed by atoms with van der Waals surface area (Å²) in [6.07, 6.45) is -3.87. The molecule has 1 unspecified atom stereocenters. The van der Waals surface area contributed by atoms with Crippen LogP contribution in [0.15, 0.2) is 18.2 Å². The van der Waals surface area contributed by atoms with Gasteiger partial charge in [-0.25, -0.2) is 4.39 Å². The monoisotopic (exact) mass is 250 g/mol. The van der Waals surface area contributed by atoms with Gasteiger partial charge in [-0.05, 0) is 24.6 Å². The molecule has 1 rings (SSSR count). The van der Waals surface area contributed by atoms with Crippen LogP contribution in [0.5, 0.6) is 0 Å². The highest BCUT2D eigenvalue weighted by Gasteiger charge is 2.31. The largest absolute Gasteiger partial charge is 0.416 e. The topological polar surface area (TPSA) is 38.0 Å². The van der Waals surface area contributed by atoms with Gasteiger partial charge in [-0.15, -0.1) is 0 Å². The Hall–Kier alpha value is -1.30. The van der Waals surface area contributed by atoms with E-state index < -0.39 is 17.6 Å². The van der Waals surface area contributed by atoms with Crippen LogP contribution in [-0.4, -0.2) is 12.6 Å². The minimum absolute atomic E-state index is 0.0373. The van der Waals surface area contributed by atoms with E-state index in [1.807, 2.05) is 6.92 Å². The standard InChI is InChI=1S/C11H14F4N2/c1-2-8(6-16)17-10-4-3-7(5-9(10)12)11(13,14)15/h3-5,8,17H,2,6,16H2,1H3. The lowest BCUT2D eigenvalue weighted by atomic mass is 10.1. The lowest BCUT2D eigenvalue weighted by molar-refractivity contribution is -0.137. The van der Waals surface area contributed by atoms with E-state index >= 15 is 0 Å². The molecule has 0 spiro atoms. The Morgan fingerprint density at radius 3 is 2.41 bits per heavy atom. The van der Waals surface area contributed by atoms with Crippen molar-refractivity contribution >= 4 is 5.69 Å². The molecule has 0 saturated heterocycles. The van der Waals surface area contributed by atoms with E-state index in [4.69, 9.17) is 5.73 Å². The lowest BCUT2D eigenvalue weighted by Gasteiger charge is -2.17. The first-order valence-corrected chi connectivity index (χ1v) is 5.21. The number of nitrogens with two attached hydrogens (primary N) is 1. The molecule has 1 atom stereocenters. The van der Waals surface area contributed by atoms with Crippen LogP contribution in [0.4, 0.5) is 23.2 Å². The van der Waals surface area contributed by atoms with Crippen LogP contribution in [0.2, 0.25) is 0 Å². The molecule has 0 aliphatic heterocycles. The zero-order valence-electron chi connectivity index (χ0n) is 9.31. The molecule has 0 fully saturated rings. The fourth-order valence-corrected chi connectivity index (χ4v) is 1.36. The molecule has 1 aromatic rings. The number of alkyl halides is 3. The molecule has 0 bridgehead atoms. The Morgan fingerprint density at radius 2 is 2.00 bits per heavy atom. The van der Waals surface area contributed by atoms with Gasteiger partial charge < -0.3 is 11.1 Å². The molecule has 0 aliphatic carbocycles. The van der Waals surface area contributed by atoms with Gasteiger partial charge in [0.1, 0.15) is 5.82 Å². The van der Waals surface area contributed by atoms with Gasteiger partial charge >= 0.3 is 6.18 Å². The van der Waals surface area contributed by atoms with Crippen molar-refractivity contribution in [2.24, 2.45) is 5.73 Å². The summed E-state index contributed by atoms with van der Waals surface area (Å²) in [5, 5.41) is 2.76. The molecule has 96 valence electrons. The molecular formula is C11H14F4N2. The first kappa shape index (κ1) is 13.8. The van der Waals surface area contributed by atoms with Crippen molar-refractivity contribution in [1.29, 1.82) is 0 Å². The average Bonchev–Trinajstić information content (AvgIpc) is 2.26. The quantitative estimate of drug-likeness (QED) is 0.806. The summed E-state index contributed by atoms with van der Waals surface area (Å²) >= 11 is 0. The molecule has 0 aromatic heterocycles. The van der Waals surface area contributed by atoms with E-state index in [-0.39, 0.29) is 18.3 Å². The fourth-order valence-electron chi connectivity index (χ4n) is 1.36. The Balaban J connectivity index is 2.90. The molecule has 6 heteroatoms. The number of halogens is 4. The minimum atomic E-state index is -4.53. The van der Waals surface area contributed by atoms with Crippen molar-refractivity contribution in [2.45, 2.75) is 25.6 Å². The van der Waals surface area contributed by atoms with Crippen LogP contribution in [0.25, 0.3) is 0 Å². The van der Waals surface area contributed by atoms with Gasteiger partial charge in [0, 0.05) is 12.6 Å². The number of hydrogen-bond acceptors (Lipinski definition) is 2. The molecule has 0 saturated carbocycles. The van der Waals surface area contributed by atoms with Gasteiger partial charge in [0.05, 0.1) is 11.3 Å². The number of nitrogens with one attached hydrogen (secondary N) is 1. The molecule has 0 radical (unpaired) electrons. The summed E-state index contributed by atoms with van der Waals surface area (Å²) in [7, 11) is 0. The number of anilines is 1. The summed E-state index contributed by atoms with van der Waals surface area (Å²) in [5.74, 6) is -0.924. The van der Waals surface area contributed by atoms with E-state index in [9.17, 15) is 17.6 Å². The maximum Gasteiger partial charge on any atom is 0.416 e. The van der Waals surface area contributed by atoms with Gasteiger partial charge in [0.25, 0.3) is 0 Å². The maximum atomic E-state index is 13.4. The van der Waals surface area contributed by atoms with Crippen molar-refractivity contribution in [2.75, 3.05) is 11.9 Å². The number of benzene rings is 1. The van der Waals surface area contributed by atoms with E-state index in [2.05, 4.69) is 5.32 Å². The molecular weight excluding hydrogens is 236 g/mol. The van der Waals surface area contributed by atoms with Gasteiger partial charge in [-0.1, -0.05) is 6.92 Å². The first-order valence-electron chi connectivity index (χ1n) is 5.21. The Labute approximate surface area is 96.8 Å². The van der Waals surface area contributed by atoms with Gasteiger partial charge in [-0.2, -0.15) is 13.2 Å². The smallest absolute Gasteiger partial charge is 0.379 e. The highest BCUT2D eigenvalue weighted by atomic mass is 19.4. The fraction of sp³-hybridized carbons (Fsp3) is 0.455. The summed E-state index contributed by atoms with van der Waals surface area (Å²) in [5.41, 5.74) is 4.45. The van der Waals surface area contributed by atoms with E-state index in [0.29, 0.717) is 12.5 Å². The summed E-state index contributed by atoms with van der Waals surface area (Å²) < 4.78 is 50.3. The predicted octanol–water partition coefficient (Wildman–Crippen LogP) is 2.99. The van der Waals surface area contributed by atoms with Crippen LogP contribution < -0.4 is 11.1 Å². The maximum absolute atomic E-state index is 13.4. The third-order valence-electron chi connectivity index (χ3n) is 2.43. The predicted molar refractivity (Wildman–Crippen MR) is 58.2 cm³/mol. The van der Waals surface area contributed by atoms with Crippen LogP contribution in [0.1, 0.15) is 18.9 Å². The van der Waals surface area contributed by atoms with Crippen molar-refractivity contribution in [1.82, 2.24) is 0 Å². The Bertz CT molecular complexity index is 372. The third kappa shape index (κ3) is 3.59. The van der Waals surface area contributed by atoms with E-state index in [1.54, 1.807) is 0 Å². The molecule has 2 nitrogen and oxygen atoms in total. The Kier molecular flexibility index (Phi) is 4.34. The Morgan fingerprint density at radius 1 is 1.35 bits per heavy atom. The second-order valence-electron chi connectivity index (χ2n) is 3.68. The second kappa shape index (κ2) is 5.35. The highest BCUT2D eigenvalue weighted by molar-refractivity contribution is 5.47. The zero-order chi connectivity index (χ0) is 13.1. The summed E-state index contributed by atoms with van der Waals surface area (Å²) in [6.45, 7) is 2.14. The van der Waals surface area contributed by atoms with E-state index in [1.165, 1.54) is 0 Å². The second-order valence-corrected chi connectivity index (χ2v) is 3.68. The van der Waals surface area contributed by atoms with Crippen LogP contribution in [0, 0.1) is 5.82 Å². The molecule has 17 heavy (non-hydrogen) atoms. The van der Waals surface area contributed by atoms with E-state index in [0.717, 1.165) is 12.1 Å². The van der Waals surface area contributed by atoms with Crippen molar-refractivity contribution in [3.8, 4) is 0 Å². The molecule has 0 aliphatic rings. The number of hydrogen-bond donors (Lipinski definition) is 2. The number of rotatable bonds is 4. The third-order valence-corrected chi connectivity index (χ3v) is 2.43. The SMILES string of the molecule is CCC(CN)Nc1ccc(C(F)(F)F)cc1F. The van der Waals surface area contributed by atoms with Crippen LogP contribution in [0.3, 0.4) is 0 Å². The molecule has 3 N–H and O–H groups in total. The first-order chi connectivity index (χ1) is 7.88. The van der Waals surface area contributed by atoms with Gasteiger partial charge in [0.2, 0.25) is 0 Å². The summed E-state index contributed by atoms with van der Waals surface area (Å²) in [6, 6.07) is 2.25. The van der Waals surface area contributed by atoms with Gasteiger partial charge in [0.15, 0.2) is 0 Å². The molecule has 1 aromatic carbocycles. The minimum Gasteiger partial charge on any atom is -0.379 e. The molecule has 0 heterocycles.